The number of hydrogen-bond donors (Lipinski definition) is 2. The quantitative estimate of drug-likeness (QED) is 0.803. The zero-order valence-electron chi connectivity index (χ0n) is 17.1. The van der Waals surface area contributed by atoms with E-state index < -0.39 is 0 Å². The largest absolute Gasteiger partial charge is 0.349 e. The van der Waals surface area contributed by atoms with Gasteiger partial charge < -0.3 is 20.1 Å². The summed E-state index contributed by atoms with van der Waals surface area (Å²) >= 11 is 0. The summed E-state index contributed by atoms with van der Waals surface area (Å²) in [6, 6.07) is 5.90. The monoisotopic (exact) mass is 383 g/mol. The Hall–Kier alpha value is -2.67. The van der Waals surface area contributed by atoms with E-state index in [0.29, 0.717) is 24.6 Å². The van der Waals surface area contributed by atoms with Gasteiger partial charge in [-0.05, 0) is 58.3 Å². The number of nitrogens with one attached hydrogen (secondary N) is 2. The van der Waals surface area contributed by atoms with Crippen LogP contribution in [0.3, 0.4) is 0 Å². The topological polar surface area (TPSA) is 79.3 Å². The molecule has 28 heavy (non-hydrogen) atoms. The smallest absolute Gasteiger partial charge is 0.291 e. The molecule has 7 heteroatoms. The number of anilines is 1. The Morgan fingerprint density at radius 2 is 1.86 bits per heavy atom. The van der Waals surface area contributed by atoms with Crippen LogP contribution < -0.4 is 10.6 Å². The second-order valence-electron chi connectivity index (χ2n) is 7.62. The molecule has 0 saturated heterocycles. The van der Waals surface area contributed by atoms with Crippen LogP contribution in [0.15, 0.2) is 18.2 Å². The van der Waals surface area contributed by atoms with Gasteiger partial charge in [-0.2, -0.15) is 0 Å². The maximum Gasteiger partial charge on any atom is 0.291 e. The molecule has 0 fully saturated rings. The van der Waals surface area contributed by atoms with Crippen LogP contribution in [0.2, 0.25) is 0 Å². The summed E-state index contributed by atoms with van der Waals surface area (Å²) in [5.41, 5.74) is 4.05. The number of rotatable bonds is 6. The number of carbonyl (C=O) groups excluding carboxylic acids is 2. The van der Waals surface area contributed by atoms with Crippen LogP contribution >= 0.6 is 0 Å². The normalized spacial score (nSPS) is 13.3. The van der Waals surface area contributed by atoms with E-state index in [9.17, 15) is 9.59 Å². The molecule has 1 aromatic heterocycles. The number of carbonyl (C=O) groups is 2. The van der Waals surface area contributed by atoms with Gasteiger partial charge >= 0.3 is 0 Å². The van der Waals surface area contributed by atoms with Crippen molar-refractivity contribution in [3.8, 4) is 0 Å². The molecule has 7 nitrogen and oxygen atoms in total. The highest BCUT2D eigenvalue weighted by Crippen LogP contribution is 2.24. The van der Waals surface area contributed by atoms with E-state index in [1.165, 1.54) is 0 Å². The highest BCUT2D eigenvalue weighted by Gasteiger charge is 2.27. The SMILES string of the molecule is Cc1cccc(C)c1NC(=O)c1nc(C(=O)NCCN(C)C)c2n1CCCC2. The molecular formula is C21H29N5O2. The molecule has 2 N–H and O–H groups in total. The summed E-state index contributed by atoms with van der Waals surface area (Å²) in [6.07, 6.45) is 2.75. The lowest BCUT2D eigenvalue weighted by Crippen LogP contribution is -2.32. The lowest BCUT2D eigenvalue weighted by molar-refractivity contribution is 0.0945. The van der Waals surface area contributed by atoms with Gasteiger partial charge in [-0.1, -0.05) is 18.2 Å². The van der Waals surface area contributed by atoms with E-state index in [2.05, 4.69) is 15.6 Å². The Bertz CT molecular complexity index is 865. The lowest BCUT2D eigenvalue weighted by atomic mass is 10.1. The van der Waals surface area contributed by atoms with Gasteiger partial charge in [0, 0.05) is 25.3 Å². The first kappa shape index (κ1) is 20.1. The standard InChI is InChI=1S/C21H29N5O2/c1-14-8-7-9-15(2)17(14)24-21(28)19-23-18(16-10-5-6-12-26(16)19)20(27)22-11-13-25(3)4/h7-9H,5-6,10-13H2,1-4H3,(H,22,27)(H,24,28). The van der Waals surface area contributed by atoms with Crippen LogP contribution in [0.4, 0.5) is 5.69 Å². The summed E-state index contributed by atoms with van der Waals surface area (Å²) in [6.45, 7) is 5.94. The average molecular weight is 383 g/mol. The molecule has 0 saturated carbocycles. The maximum absolute atomic E-state index is 13.0. The number of aryl methyl sites for hydroxylation is 2. The fourth-order valence-electron chi connectivity index (χ4n) is 3.56. The summed E-state index contributed by atoms with van der Waals surface area (Å²) in [7, 11) is 3.92. The molecule has 0 atom stereocenters. The van der Waals surface area contributed by atoms with Crippen molar-refractivity contribution in [3.05, 3.63) is 46.5 Å². The molecule has 1 aromatic carbocycles. The number of aromatic nitrogens is 2. The lowest BCUT2D eigenvalue weighted by Gasteiger charge is -2.17. The second kappa shape index (κ2) is 8.56. The number of likely N-dealkylation sites (N-methyl/N-ethyl adjacent to an activating group) is 1. The van der Waals surface area contributed by atoms with Gasteiger partial charge in [-0.15, -0.1) is 0 Å². The summed E-state index contributed by atoms with van der Waals surface area (Å²) in [5.74, 6) is -0.165. The third-order valence-electron chi connectivity index (χ3n) is 5.10. The van der Waals surface area contributed by atoms with Crippen molar-refractivity contribution in [1.29, 1.82) is 0 Å². The number of nitrogens with zero attached hydrogens (tertiary/aromatic N) is 3. The summed E-state index contributed by atoms with van der Waals surface area (Å²) in [4.78, 5) is 32.1. The third kappa shape index (κ3) is 4.25. The maximum atomic E-state index is 13.0. The molecule has 150 valence electrons. The average Bonchev–Trinajstić information content (AvgIpc) is 3.04. The summed E-state index contributed by atoms with van der Waals surface area (Å²) in [5, 5.41) is 5.91. The number of imidazole rings is 1. The molecule has 1 aliphatic heterocycles. The minimum atomic E-state index is -0.270. The first-order valence-corrected chi connectivity index (χ1v) is 9.78. The first-order chi connectivity index (χ1) is 13.4. The predicted molar refractivity (Wildman–Crippen MR) is 110 cm³/mol. The molecule has 1 aliphatic rings. The predicted octanol–water partition coefficient (Wildman–Crippen LogP) is 2.38. The molecule has 3 rings (SSSR count). The third-order valence-corrected chi connectivity index (χ3v) is 5.10. The zero-order valence-corrected chi connectivity index (χ0v) is 17.1. The molecule has 0 bridgehead atoms. The van der Waals surface area contributed by atoms with Gasteiger partial charge in [0.25, 0.3) is 11.8 Å². The number of amides is 2. The van der Waals surface area contributed by atoms with Crippen LogP contribution in [-0.4, -0.2) is 53.5 Å². The fourth-order valence-corrected chi connectivity index (χ4v) is 3.56. The second-order valence-corrected chi connectivity index (χ2v) is 7.62. The minimum Gasteiger partial charge on any atom is -0.349 e. The van der Waals surface area contributed by atoms with Crippen LogP contribution in [0.25, 0.3) is 0 Å². The Kier molecular flexibility index (Phi) is 6.14. The van der Waals surface area contributed by atoms with E-state index >= 15 is 0 Å². The zero-order chi connectivity index (χ0) is 20.3. The van der Waals surface area contributed by atoms with Crippen molar-refractivity contribution in [2.45, 2.75) is 39.7 Å². The van der Waals surface area contributed by atoms with E-state index in [0.717, 1.165) is 48.3 Å². The van der Waals surface area contributed by atoms with Gasteiger partial charge in [0.2, 0.25) is 0 Å². The molecule has 2 amide bonds. The molecule has 2 heterocycles. The number of benzene rings is 1. The van der Waals surface area contributed by atoms with E-state index in [-0.39, 0.29) is 11.8 Å². The summed E-state index contributed by atoms with van der Waals surface area (Å²) < 4.78 is 1.91. The van der Waals surface area contributed by atoms with Gasteiger partial charge in [0.05, 0.1) is 5.69 Å². The molecule has 0 unspecified atom stereocenters. The van der Waals surface area contributed by atoms with Crippen LogP contribution in [0, 0.1) is 13.8 Å². The minimum absolute atomic E-state index is 0.210. The van der Waals surface area contributed by atoms with Crippen molar-refractivity contribution in [2.75, 3.05) is 32.5 Å². The Morgan fingerprint density at radius 1 is 1.14 bits per heavy atom. The van der Waals surface area contributed by atoms with Gasteiger partial charge in [0.15, 0.2) is 5.82 Å². The molecular weight excluding hydrogens is 354 g/mol. The molecule has 0 spiro atoms. The van der Waals surface area contributed by atoms with Crippen molar-refractivity contribution >= 4 is 17.5 Å². The van der Waals surface area contributed by atoms with Crippen molar-refractivity contribution in [1.82, 2.24) is 19.8 Å². The molecule has 0 radical (unpaired) electrons. The molecule has 2 aromatic rings. The van der Waals surface area contributed by atoms with Crippen molar-refractivity contribution < 1.29 is 9.59 Å². The van der Waals surface area contributed by atoms with Gasteiger partial charge in [-0.25, -0.2) is 4.98 Å². The van der Waals surface area contributed by atoms with Crippen LogP contribution in [-0.2, 0) is 13.0 Å². The first-order valence-electron chi connectivity index (χ1n) is 9.78. The van der Waals surface area contributed by atoms with Gasteiger partial charge in [0.1, 0.15) is 5.69 Å². The highest BCUT2D eigenvalue weighted by molar-refractivity contribution is 6.04. The van der Waals surface area contributed by atoms with Crippen LogP contribution in [0.1, 0.15) is 50.8 Å². The number of hydrogen-bond acceptors (Lipinski definition) is 4. The van der Waals surface area contributed by atoms with Crippen molar-refractivity contribution in [3.63, 3.8) is 0 Å². The van der Waals surface area contributed by atoms with E-state index in [4.69, 9.17) is 0 Å². The molecule has 0 aliphatic carbocycles. The number of para-hydroxylation sites is 1. The van der Waals surface area contributed by atoms with E-state index in [1.807, 2.05) is 55.6 Å². The van der Waals surface area contributed by atoms with E-state index in [1.54, 1.807) is 0 Å². The number of fused-ring (bicyclic) bond motifs is 1. The Labute approximate surface area is 166 Å². The fraction of sp³-hybridized carbons (Fsp3) is 0.476. The highest BCUT2D eigenvalue weighted by atomic mass is 16.2. The van der Waals surface area contributed by atoms with Crippen molar-refractivity contribution in [2.24, 2.45) is 0 Å². The van der Waals surface area contributed by atoms with Crippen LogP contribution in [0.5, 0.6) is 0 Å². The Balaban J connectivity index is 1.86. The Morgan fingerprint density at radius 3 is 2.54 bits per heavy atom. The van der Waals surface area contributed by atoms with Gasteiger partial charge in [-0.3, -0.25) is 9.59 Å².